The molecule has 0 radical (unpaired) electrons. The lowest BCUT2D eigenvalue weighted by Crippen LogP contribution is -2.57. The van der Waals surface area contributed by atoms with E-state index in [1.54, 1.807) is 24.5 Å². The number of aromatic nitrogens is 1. The van der Waals surface area contributed by atoms with Crippen LogP contribution in [0.2, 0.25) is 0 Å². The zero-order valence-corrected chi connectivity index (χ0v) is 11.6. The van der Waals surface area contributed by atoms with Crippen molar-refractivity contribution in [2.75, 3.05) is 0 Å². The molecular formula is C15H14FN5O. The first-order valence-corrected chi connectivity index (χ1v) is 6.73. The fraction of sp³-hybridized carbons (Fsp3) is 0.133. The number of hydrogen-bond acceptors (Lipinski definition) is 3. The SMILES string of the molecule is O=C1NC(=NCc2ccncc2)NC(c2ccc(F)cc2)N1. The van der Waals surface area contributed by atoms with Crippen LogP contribution >= 0.6 is 0 Å². The molecule has 3 rings (SSSR count). The molecule has 7 heteroatoms. The number of benzene rings is 1. The normalized spacial score (nSPS) is 19.2. The van der Waals surface area contributed by atoms with Crippen molar-refractivity contribution in [1.29, 1.82) is 0 Å². The fourth-order valence-electron chi connectivity index (χ4n) is 2.05. The lowest BCUT2D eigenvalue weighted by atomic mass is 10.1. The van der Waals surface area contributed by atoms with Gasteiger partial charge >= 0.3 is 6.03 Å². The van der Waals surface area contributed by atoms with Gasteiger partial charge in [0.25, 0.3) is 0 Å². The Labute approximate surface area is 126 Å². The summed E-state index contributed by atoms with van der Waals surface area (Å²) in [5, 5.41) is 8.36. The Bertz CT molecular complexity index is 687. The van der Waals surface area contributed by atoms with Gasteiger partial charge in [0.15, 0.2) is 0 Å². The monoisotopic (exact) mass is 299 g/mol. The number of rotatable bonds is 3. The second-order valence-electron chi connectivity index (χ2n) is 4.75. The average Bonchev–Trinajstić information content (AvgIpc) is 2.54. The number of amides is 2. The third-order valence-electron chi connectivity index (χ3n) is 3.16. The fourth-order valence-corrected chi connectivity index (χ4v) is 2.05. The number of carbonyl (C=O) groups excluding carboxylic acids is 1. The number of guanidine groups is 1. The molecule has 1 aliphatic rings. The molecule has 1 unspecified atom stereocenters. The smallest absolute Gasteiger partial charge is 0.323 e. The number of pyridine rings is 1. The minimum absolute atomic E-state index is 0.324. The Kier molecular flexibility index (Phi) is 3.95. The largest absolute Gasteiger partial charge is 0.332 e. The molecule has 22 heavy (non-hydrogen) atoms. The van der Waals surface area contributed by atoms with E-state index in [0.29, 0.717) is 12.5 Å². The minimum Gasteiger partial charge on any atom is -0.332 e. The summed E-state index contributed by atoms with van der Waals surface area (Å²) in [5.41, 5.74) is 1.73. The van der Waals surface area contributed by atoms with Gasteiger partial charge in [0.05, 0.1) is 6.54 Å². The van der Waals surface area contributed by atoms with Crippen molar-refractivity contribution < 1.29 is 9.18 Å². The molecule has 1 atom stereocenters. The van der Waals surface area contributed by atoms with Gasteiger partial charge in [-0.15, -0.1) is 0 Å². The van der Waals surface area contributed by atoms with Crippen molar-refractivity contribution in [3.63, 3.8) is 0 Å². The number of halogens is 1. The average molecular weight is 299 g/mol. The highest BCUT2D eigenvalue weighted by Gasteiger charge is 2.22. The van der Waals surface area contributed by atoms with Crippen LogP contribution in [-0.2, 0) is 6.54 Å². The maximum absolute atomic E-state index is 13.0. The zero-order chi connectivity index (χ0) is 15.4. The molecule has 0 aliphatic carbocycles. The van der Waals surface area contributed by atoms with E-state index in [1.807, 2.05) is 12.1 Å². The summed E-state index contributed by atoms with van der Waals surface area (Å²) >= 11 is 0. The Balaban J connectivity index is 1.73. The van der Waals surface area contributed by atoms with E-state index in [-0.39, 0.29) is 11.8 Å². The van der Waals surface area contributed by atoms with E-state index >= 15 is 0 Å². The number of hydrogen-bond donors (Lipinski definition) is 3. The van der Waals surface area contributed by atoms with Gasteiger partial charge in [0.2, 0.25) is 5.96 Å². The molecule has 1 saturated heterocycles. The quantitative estimate of drug-likeness (QED) is 0.807. The van der Waals surface area contributed by atoms with Crippen molar-refractivity contribution in [3.8, 4) is 0 Å². The lowest BCUT2D eigenvalue weighted by molar-refractivity contribution is 0.236. The molecule has 3 N–H and O–H groups in total. The van der Waals surface area contributed by atoms with Crippen LogP contribution < -0.4 is 16.0 Å². The molecule has 2 amide bonds. The number of urea groups is 1. The first-order valence-electron chi connectivity index (χ1n) is 6.73. The van der Waals surface area contributed by atoms with Crippen molar-refractivity contribution in [2.24, 2.45) is 4.99 Å². The molecule has 2 heterocycles. The van der Waals surface area contributed by atoms with Gasteiger partial charge in [-0.05, 0) is 35.4 Å². The minimum atomic E-state index is -0.453. The molecule has 112 valence electrons. The highest BCUT2D eigenvalue weighted by Crippen LogP contribution is 2.12. The van der Waals surface area contributed by atoms with Crippen LogP contribution in [0.1, 0.15) is 17.3 Å². The van der Waals surface area contributed by atoms with Crippen molar-refractivity contribution in [1.82, 2.24) is 20.9 Å². The number of nitrogens with zero attached hydrogens (tertiary/aromatic N) is 2. The molecular weight excluding hydrogens is 285 g/mol. The molecule has 1 aliphatic heterocycles. The second kappa shape index (κ2) is 6.21. The summed E-state index contributed by atoms with van der Waals surface area (Å²) in [6, 6.07) is 9.26. The van der Waals surface area contributed by atoms with E-state index in [0.717, 1.165) is 11.1 Å². The van der Waals surface area contributed by atoms with Crippen LogP contribution in [0.5, 0.6) is 0 Å². The first-order chi connectivity index (χ1) is 10.7. The number of carbonyl (C=O) groups is 1. The standard InChI is InChI=1S/C15H14FN5O/c16-12-3-1-11(2-4-12)13-19-14(21-15(22)20-13)18-9-10-5-7-17-8-6-10/h1-8,13H,9H2,(H3,18,19,20,21,22). The van der Waals surface area contributed by atoms with E-state index in [1.165, 1.54) is 12.1 Å². The molecule has 1 aromatic carbocycles. The van der Waals surface area contributed by atoms with Crippen molar-refractivity contribution in [2.45, 2.75) is 12.7 Å². The Morgan fingerprint density at radius 1 is 1.09 bits per heavy atom. The van der Waals surface area contributed by atoms with Gasteiger partial charge in [-0.3, -0.25) is 10.3 Å². The van der Waals surface area contributed by atoms with E-state index in [4.69, 9.17) is 0 Å². The molecule has 1 aromatic heterocycles. The summed E-state index contributed by atoms with van der Waals surface area (Å²) in [7, 11) is 0. The van der Waals surface area contributed by atoms with Crippen LogP contribution in [0.15, 0.2) is 53.8 Å². The van der Waals surface area contributed by atoms with Gasteiger partial charge in [-0.2, -0.15) is 0 Å². The van der Waals surface area contributed by atoms with Crippen LogP contribution in [0.25, 0.3) is 0 Å². The summed E-state index contributed by atoms with van der Waals surface area (Å²) in [6.45, 7) is 0.418. The Morgan fingerprint density at radius 3 is 2.55 bits per heavy atom. The van der Waals surface area contributed by atoms with E-state index < -0.39 is 6.17 Å². The topological polar surface area (TPSA) is 78.4 Å². The molecule has 0 bridgehead atoms. The van der Waals surface area contributed by atoms with Crippen LogP contribution in [0, 0.1) is 5.82 Å². The van der Waals surface area contributed by atoms with Gasteiger partial charge in [0.1, 0.15) is 12.0 Å². The Hall–Kier alpha value is -2.96. The third-order valence-corrected chi connectivity index (χ3v) is 3.16. The Morgan fingerprint density at radius 2 is 1.82 bits per heavy atom. The third kappa shape index (κ3) is 3.38. The molecule has 0 spiro atoms. The summed E-state index contributed by atoms with van der Waals surface area (Å²) in [5.74, 6) is 0.0467. The van der Waals surface area contributed by atoms with Gasteiger partial charge in [-0.25, -0.2) is 14.2 Å². The summed E-state index contributed by atoms with van der Waals surface area (Å²) in [4.78, 5) is 20.0. The zero-order valence-electron chi connectivity index (χ0n) is 11.6. The number of nitrogens with one attached hydrogen (secondary N) is 3. The van der Waals surface area contributed by atoms with Gasteiger partial charge in [0, 0.05) is 12.4 Å². The van der Waals surface area contributed by atoms with Crippen LogP contribution in [0.4, 0.5) is 9.18 Å². The summed E-state index contributed by atoms with van der Waals surface area (Å²) in [6.07, 6.45) is 2.92. The van der Waals surface area contributed by atoms with E-state index in [9.17, 15) is 9.18 Å². The molecule has 6 nitrogen and oxygen atoms in total. The first kappa shape index (κ1) is 14.0. The van der Waals surface area contributed by atoms with Gasteiger partial charge in [-0.1, -0.05) is 12.1 Å². The second-order valence-corrected chi connectivity index (χ2v) is 4.75. The summed E-state index contributed by atoms with van der Waals surface area (Å²) < 4.78 is 13.0. The van der Waals surface area contributed by atoms with Crippen LogP contribution in [0.3, 0.4) is 0 Å². The highest BCUT2D eigenvalue weighted by molar-refractivity contribution is 5.98. The molecule has 1 fully saturated rings. The predicted molar refractivity (Wildman–Crippen MR) is 79.3 cm³/mol. The van der Waals surface area contributed by atoms with Crippen molar-refractivity contribution in [3.05, 3.63) is 65.7 Å². The van der Waals surface area contributed by atoms with Crippen LogP contribution in [-0.4, -0.2) is 17.0 Å². The maximum atomic E-state index is 13.0. The molecule has 2 aromatic rings. The lowest BCUT2D eigenvalue weighted by Gasteiger charge is -2.27. The van der Waals surface area contributed by atoms with Gasteiger partial charge < -0.3 is 10.6 Å². The predicted octanol–water partition coefficient (Wildman–Crippen LogP) is 1.68. The van der Waals surface area contributed by atoms with E-state index in [2.05, 4.69) is 25.9 Å². The maximum Gasteiger partial charge on any atom is 0.323 e. The van der Waals surface area contributed by atoms with Crippen molar-refractivity contribution >= 4 is 12.0 Å². The molecule has 0 saturated carbocycles. The highest BCUT2D eigenvalue weighted by atomic mass is 19.1. The number of aliphatic imine (C=N–C) groups is 1.